The number of anilines is 2. The van der Waals surface area contributed by atoms with Crippen LogP contribution in [0.3, 0.4) is 0 Å². The molecule has 1 saturated heterocycles. The summed E-state index contributed by atoms with van der Waals surface area (Å²) in [5.41, 5.74) is 4.94. The van der Waals surface area contributed by atoms with Gasteiger partial charge in [0, 0.05) is 30.4 Å². The zero-order valence-corrected chi connectivity index (χ0v) is 14.9. The molecule has 5 heteroatoms. The highest BCUT2D eigenvalue weighted by Gasteiger charge is 2.42. The molecule has 1 N–H and O–H groups in total. The Morgan fingerprint density at radius 1 is 1.33 bits per heavy atom. The van der Waals surface area contributed by atoms with Gasteiger partial charge in [-0.3, -0.25) is 4.98 Å². The highest BCUT2D eigenvalue weighted by atomic mass is 32.1. The van der Waals surface area contributed by atoms with Crippen LogP contribution in [0.4, 0.5) is 11.4 Å². The van der Waals surface area contributed by atoms with E-state index in [0.29, 0.717) is 12.0 Å². The van der Waals surface area contributed by atoms with E-state index in [9.17, 15) is 0 Å². The smallest absolute Gasteiger partial charge is 0.178 e. The van der Waals surface area contributed by atoms with E-state index in [2.05, 4.69) is 52.3 Å². The lowest BCUT2D eigenvalue weighted by molar-refractivity contribution is 0.237. The number of aromatic nitrogens is 1. The third-order valence-corrected chi connectivity index (χ3v) is 5.38. The Labute approximate surface area is 148 Å². The zero-order valence-electron chi connectivity index (χ0n) is 14.1. The fourth-order valence-corrected chi connectivity index (χ4v) is 4.32. The van der Waals surface area contributed by atoms with Crippen LogP contribution in [0.25, 0.3) is 0 Å². The number of nitrogens with one attached hydrogen (secondary N) is 1. The lowest BCUT2D eigenvalue weighted by atomic mass is 9.89. The lowest BCUT2D eigenvalue weighted by Gasteiger charge is -2.37. The molecule has 1 aromatic carbocycles. The Morgan fingerprint density at radius 3 is 3.00 bits per heavy atom. The summed E-state index contributed by atoms with van der Waals surface area (Å²) in [4.78, 5) is 8.92. The highest BCUT2D eigenvalue weighted by molar-refractivity contribution is 7.80. The van der Waals surface area contributed by atoms with Crippen molar-refractivity contribution in [1.29, 1.82) is 0 Å². The van der Waals surface area contributed by atoms with E-state index < -0.39 is 0 Å². The van der Waals surface area contributed by atoms with E-state index in [1.54, 1.807) is 6.20 Å². The number of piperidine rings is 1. The Hall–Kier alpha value is -1.98. The average Bonchev–Trinajstić information content (AvgIpc) is 2.89. The van der Waals surface area contributed by atoms with Gasteiger partial charge in [0.2, 0.25) is 0 Å². The predicted octanol–water partition coefficient (Wildman–Crippen LogP) is 3.39. The summed E-state index contributed by atoms with van der Waals surface area (Å²) in [6.45, 7) is 4.37. The molecule has 24 heavy (non-hydrogen) atoms. The molecule has 0 spiro atoms. The molecule has 0 saturated carbocycles. The molecular formula is C19H22N4S. The first-order valence-electron chi connectivity index (χ1n) is 8.43. The van der Waals surface area contributed by atoms with E-state index in [-0.39, 0.29) is 0 Å². The monoisotopic (exact) mass is 338 g/mol. The molecule has 0 amide bonds. The summed E-state index contributed by atoms with van der Waals surface area (Å²) in [5.74, 6) is 0.521. The number of pyridine rings is 1. The maximum absolute atomic E-state index is 5.78. The van der Waals surface area contributed by atoms with Gasteiger partial charge in [-0.2, -0.15) is 0 Å². The quantitative estimate of drug-likeness (QED) is 0.806. The molecule has 0 radical (unpaired) electrons. The highest BCUT2D eigenvalue weighted by Crippen LogP contribution is 2.45. The van der Waals surface area contributed by atoms with Crippen molar-refractivity contribution in [3.63, 3.8) is 0 Å². The van der Waals surface area contributed by atoms with Crippen LogP contribution in [-0.4, -0.2) is 41.2 Å². The number of thiocarbonyl (C=S) groups is 1. The second-order valence-corrected chi connectivity index (χ2v) is 7.22. The second-order valence-electron chi connectivity index (χ2n) is 6.83. The van der Waals surface area contributed by atoms with Gasteiger partial charge in [0.25, 0.3) is 0 Å². The number of nitrogens with zero attached hydrogens (tertiary/aromatic N) is 3. The molecule has 2 aromatic rings. The van der Waals surface area contributed by atoms with Crippen molar-refractivity contribution in [2.45, 2.75) is 25.3 Å². The van der Waals surface area contributed by atoms with E-state index >= 15 is 0 Å². The number of benzene rings is 1. The van der Waals surface area contributed by atoms with Crippen LogP contribution < -0.4 is 10.2 Å². The topological polar surface area (TPSA) is 31.4 Å². The first-order chi connectivity index (χ1) is 11.6. The average molecular weight is 338 g/mol. The van der Waals surface area contributed by atoms with Gasteiger partial charge in [-0.05, 0) is 62.9 Å². The summed E-state index contributed by atoms with van der Waals surface area (Å²) < 4.78 is 0. The third kappa shape index (κ3) is 2.68. The number of fused-ring (bicyclic) bond motifs is 3. The Balaban J connectivity index is 1.68. The maximum atomic E-state index is 5.78. The van der Waals surface area contributed by atoms with Crippen molar-refractivity contribution in [3.05, 3.63) is 53.9 Å². The van der Waals surface area contributed by atoms with Gasteiger partial charge in [-0.15, -0.1) is 0 Å². The second kappa shape index (κ2) is 6.15. The summed E-state index contributed by atoms with van der Waals surface area (Å²) in [7, 11) is 2.21. The number of likely N-dealkylation sites (N-methyl/N-ethyl adjacent to an activating group) is 1. The van der Waals surface area contributed by atoms with Crippen molar-refractivity contribution in [3.8, 4) is 0 Å². The van der Waals surface area contributed by atoms with Crippen molar-refractivity contribution in [2.24, 2.45) is 0 Å². The predicted molar refractivity (Wildman–Crippen MR) is 103 cm³/mol. The summed E-state index contributed by atoms with van der Waals surface area (Å²) >= 11 is 5.78. The molecule has 2 aliphatic rings. The van der Waals surface area contributed by atoms with Crippen molar-refractivity contribution in [2.75, 3.05) is 30.4 Å². The molecule has 0 bridgehead atoms. The van der Waals surface area contributed by atoms with Crippen LogP contribution in [0.1, 0.15) is 23.5 Å². The van der Waals surface area contributed by atoms with Gasteiger partial charge in [-0.1, -0.05) is 17.7 Å². The Bertz CT molecular complexity index is 761. The molecule has 3 heterocycles. The van der Waals surface area contributed by atoms with Crippen LogP contribution >= 0.6 is 12.2 Å². The fourth-order valence-electron chi connectivity index (χ4n) is 3.97. The van der Waals surface area contributed by atoms with Crippen LogP contribution in [-0.2, 0) is 0 Å². The third-order valence-electron chi connectivity index (χ3n) is 5.08. The van der Waals surface area contributed by atoms with Gasteiger partial charge in [0.1, 0.15) is 0 Å². The number of hydrogen-bond donors (Lipinski definition) is 1. The van der Waals surface area contributed by atoms with Crippen molar-refractivity contribution >= 4 is 28.7 Å². The van der Waals surface area contributed by atoms with Crippen LogP contribution in [0.15, 0.2) is 42.7 Å². The molecule has 1 aromatic heterocycles. The number of rotatable bonds is 1. The Kier molecular flexibility index (Phi) is 3.98. The molecule has 2 atom stereocenters. The zero-order chi connectivity index (χ0) is 16.7. The molecular weight excluding hydrogens is 316 g/mol. The minimum Gasteiger partial charge on any atom is -0.331 e. The molecule has 2 aliphatic heterocycles. The van der Waals surface area contributed by atoms with Crippen molar-refractivity contribution in [1.82, 2.24) is 9.88 Å². The molecule has 0 aliphatic carbocycles. The molecule has 1 fully saturated rings. The van der Waals surface area contributed by atoms with E-state index in [1.165, 1.54) is 16.8 Å². The van der Waals surface area contributed by atoms with Gasteiger partial charge < -0.3 is 15.1 Å². The SMILES string of the molecule is Cc1ccc2c(c1)[C@@H]1CN(C)CC[C@H]1N2C(=S)Nc1cccnc1. The van der Waals surface area contributed by atoms with Gasteiger partial charge in [-0.25, -0.2) is 0 Å². The molecule has 4 nitrogen and oxygen atoms in total. The first-order valence-corrected chi connectivity index (χ1v) is 8.83. The first kappa shape index (κ1) is 15.5. The van der Waals surface area contributed by atoms with Gasteiger partial charge in [0.15, 0.2) is 5.11 Å². The Morgan fingerprint density at radius 2 is 2.21 bits per heavy atom. The maximum Gasteiger partial charge on any atom is 0.178 e. The van der Waals surface area contributed by atoms with E-state index in [4.69, 9.17) is 12.2 Å². The van der Waals surface area contributed by atoms with Crippen LogP contribution in [0.2, 0.25) is 0 Å². The number of likely N-dealkylation sites (tertiary alicyclic amines) is 1. The van der Waals surface area contributed by atoms with Gasteiger partial charge in [0.05, 0.1) is 11.9 Å². The van der Waals surface area contributed by atoms with Crippen LogP contribution in [0, 0.1) is 6.92 Å². The standard InChI is InChI=1S/C19H22N4S/c1-13-5-6-17-15(10-13)16-12-22(2)9-7-18(16)23(17)19(24)21-14-4-3-8-20-11-14/h3-6,8,10-11,16,18H,7,9,12H2,1-2H3,(H,21,24)/t16-,18+/m0/s1. The minimum atomic E-state index is 0.440. The summed E-state index contributed by atoms with van der Waals surface area (Å²) in [6.07, 6.45) is 4.71. The lowest BCUT2D eigenvalue weighted by Crippen LogP contribution is -2.48. The largest absolute Gasteiger partial charge is 0.331 e. The molecule has 124 valence electrons. The minimum absolute atomic E-state index is 0.440. The number of hydrogen-bond acceptors (Lipinski definition) is 3. The fraction of sp³-hybridized carbons (Fsp3) is 0.368. The van der Waals surface area contributed by atoms with Crippen molar-refractivity contribution < 1.29 is 0 Å². The van der Waals surface area contributed by atoms with E-state index in [1.807, 2.05) is 18.3 Å². The molecule has 0 unspecified atom stereocenters. The number of aryl methyl sites for hydroxylation is 1. The molecule has 4 rings (SSSR count). The van der Waals surface area contributed by atoms with E-state index in [0.717, 1.165) is 30.3 Å². The summed E-state index contributed by atoms with van der Waals surface area (Å²) in [6, 6.07) is 11.1. The van der Waals surface area contributed by atoms with Gasteiger partial charge >= 0.3 is 0 Å². The summed E-state index contributed by atoms with van der Waals surface area (Å²) in [5, 5.41) is 4.13. The van der Waals surface area contributed by atoms with Crippen LogP contribution in [0.5, 0.6) is 0 Å². The normalized spacial score (nSPS) is 22.8.